The first-order chi connectivity index (χ1) is 11.4. The molecule has 0 aliphatic carbocycles. The van der Waals surface area contributed by atoms with Crippen LogP contribution in [0.1, 0.15) is 34.3 Å². The SMILES string of the molecule is O=C1CC[C@@H](NCc2cnc(C(F)(F)F)s2)[C@H](c2ccccc2)N1. The van der Waals surface area contributed by atoms with Gasteiger partial charge in [-0.25, -0.2) is 4.98 Å². The van der Waals surface area contributed by atoms with Crippen molar-refractivity contribution in [3.05, 3.63) is 52.0 Å². The summed E-state index contributed by atoms with van der Waals surface area (Å²) >= 11 is 0.640. The summed E-state index contributed by atoms with van der Waals surface area (Å²) < 4.78 is 37.8. The van der Waals surface area contributed by atoms with Crippen molar-refractivity contribution in [1.29, 1.82) is 0 Å². The van der Waals surface area contributed by atoms with Crippen LogP contribution in [0, 0.1) is 0 Å². The molecule has 3 rings (SSSR count). The van der Waals surface area contributed by atoms with E-state index < -0.39 is 11.2 Å². The molecule has 2 N–H and O–H groups in total. The number of carbonyl (C=O) groups excluding carboxylic acids is 1. The lowest BCUT2D eigenvalue weighted by Crippen LogP contribution is -2.48. The summed E-state index contributed by atoms with van der Waals surface area (Å²) in [5.41, 5.74) is 0.975. The number of hydrogen-bond acceptors (Lipinski definition) is 4. The zero-order valence-corrected chi connectivity index (χ0v) is 13.5. The van der Waals surface area contributed by atoms with Crippen LogP contribution in [-0.4, -0.2) is 16.9 Å². The van der Waals surface area contributed by atoms with Crippen LogP contribution in [0.2, 0.25) is 0 Å². The fourth-order valence-corrected chi connectivity index (χ4v) is 3.48. The molecule has 1 aliphatic rings. The maximum Gasteiger partial charge on any atom is 0.443 e. The third-order valence-electron chi connectivity index (χ3n) is 3.89. The van der Waals surface area contributed by atoms with E-state index >= 15 is 0 Å². The van der Waals surface area contributed by atoms with Gasteiger partial charge in [-0.2, -0.15) is 13.2 Å². The first kappa shape index (κ1) is 16.9. The number of nitrogens with one attached hydrogen (secondary N) is 2. The van der Waals surface area contributed by atoms with Gasteiger partial charge in [0.05, 0.1) is 6.04 Å². The lowest BCUT2D eigenvalue weighted by atomic mass is 9.92. The zero-order valence-electron chi connectivity index (χ0n) is 12.6. The molecule has 1 aliphatic heterocycles. The number of halogens is 3. The molecular formula is C16H16F3N3OS. The van der Waals surface area contributed by atoms with Crippen molar-refractivity contribution in [2.24, 2.45) is 0 Å². The van der Waals surface area contributed by atoms with Gasteiger partial charge in [0.15, 0.2) is 5.01 Å². The van der Waals surface area contributed by atoms with Crippen molar-refractivity contribution in [2.75, 3.05) is 0 Å². The van der Waals surface area contributed by atoms with Crippen molar-refractivity contribution >= 4 is 17.2 Å². The van der Waals surface area contributed by atoms with Gasteiger partial charge in [-0.1, -0.05) is 30.3 Å². The van der Waals surface area contributed by atoms with Gasteiger partial charge in [-0.15, -0.1) is 11.3 Å². The summed E-state index contributed by atoms with van der Waals surface area (Å²) in [7, 11) is 0. The molecule has 0 spiro atoms. The topological polar surface area (TPSA) is 54.0 Å². The van der Waals surface area contributed by atoms with Gasteiger partial charge in [0.2, 0.25) is 5.91 Å². The van der Waals surface area contributed by atoms with Gasteiger partial charge in [0.25, 0.3) is 0 Å². The Morgan fingerprint density at radius 2 is 2.04 bits per heavy atom. The van der Waals surface area contributed by atoms with E-state index in [1.54, 1.807) is 0 Å². The first-order valence-electron chi connectivity index (χ1n) is 7.53. The average molecular weight is 355 g/mol. The second-order valence-electron chi connectivity index (χ2n) is 5.61. The van der Waals surface area contributed by atoms with Crippen molar-refractivity contribution in [1.82, 2.24) is 15.6 Å². The van der Waals surface area contributed by atoms with E-state index in [2.05, 4.69) is 15.6 Å². The van der Waals surface area contributed by atoms with Crippen molar-refractivity contribution in [3.63, 3.8) is 0 Å². The molecular weight excluding hydrogens is 339 g/mol. The smallest absolute Gasteiger partial charge is 0.348 e. The molecule has 8 heteroatoms. The van der Waals surface area contributed by atoms with Crippen LogP contribution in [0.3, 0.4) is 0 Å². The number of hydrogen-bond donors (Lipinski definition) is 2. The van der Waals surface area contributed by atoms with Gasteiger partial charge in [-0.05, 0) is 12.0 Å². The Hall–Kier alpha value is -1.93. The second kappa shape index (κ2) is 6.90. The number of amides is 1. The molecule has 0 unspecified atom stereocenters. The quantitative estimate of drug-likeness (QED) is 0.885. The Morgan fingerprint density at radius 3 is 2.71 bits per heavy atom. The molecule has 2 atom stereocenters. The van der Waals surface area contributed by atoms with Crippen LogP contribution in [0.15, 0.2) is 36.5 Å². The van der Waals surface area contributed by atoms with E-state index in [-0.39, 0.29) is 24.5 Å². The monoisotopic (exact) mass is 355 g/mol. The number of piperidine rings is 1. The fourth-order valence-electron chi connectivity index (χ4n) is 2.75. The highest BCUT2D eigenvalue weighted by Crippen LogP contribution is 2.32. The second-order valence-corrected chi connectivity index (χ2v) is 6.73. The fraction of sp³-hybridized carbons (Fsp3) is 0.375. The molecule has 2 heterocycles. The Bertz CT molecular complexity index is 702. The van der Waals surface area contributed by atoms with Crippen LogP contribution in [-0.2, 0) is 17.5 Å². The largest absolute Gasteiger partial charge is 0.443 e. The number of alkyl halides is 3. The number of thiazole rings is 1. The molecule has 1 saturated heterocycles. The molecule has 128 valence electrons. The standard InChI is InChI=1S/C16H16F3N3OS/c17-16(18,19)15-21-9-11(24-15)8-20-12-6-7-13(23)22-14(12)10-4-2-1-3-5-10/h1-5,9,12,14,20H,6-8H2,(H,22,23)/t12-,14+/m1/s1. The minimum Gasteiger partial charge on any atom is -0.348 e. The number of benzene rings is 1. The molecule has 4 nitrogen and oxygen atoms in total. The van der Waals surface area contributed by atoms with E-state index in [9.17, 15) is 18.0 Å². The van der Waals surface area contributed by atoms with Crippen molar-refractivity contribution in [2.45, 2.75) is 37.6 Å². The van der Waals surface area contributed by atoms with E-state index in [0.29, 0.717) is 29.1 Å². The van der Waals surface area contributed by atoms with Gasteiger partial charge in [-0.3, -0.25) is 4.79 Å². The molecule has 1 amide bonds. The number of rotatable bonds is 4. The van der Waals surface area contributed by atoms with E-state index in [1.165, 1.54) is 6.20 Å². The summed E-state index contributed by atoms with van der Waals surface area (Å²) in [5, 5.41) is 5.38. The molecule has 1 aromatic carbocycles. The summed E-state index contributed by atoms with van der Waals surface area (Å²) in [4.78, 5) is 15.7. The van der Waals surface area contributed by atoms with Gasteiger partial charge in [0.1, 0.15) is 0 Å². The van der Waals surface area contributed by atoms with Crippen LogP contribution in [0.5, 0.6) is 0 Å². The van der Waals surface area contributed by atoms with Gasteiger partial charge >= 0.3 is 6.18 Å². The molecule has 0 bridgehead atoms. The highest BCUT2D eigenvalue weighted by molar-refractivity contribution is 7.11. The summed E-state index contributed by atoms with van der Waals surface area (Å²) in [6.07, 6.45) is -2.12. The zero-order chi connectivity index (χ0) is 17.2. The van der Waals surface area contributed by atoms with Crippen molar-refractivity contribution in [3.8, 4) is 0 Å². The molecule has 0 radical (unpaired) electrons. The predicted octanol–water partition coefficient (Wildman–Crippen LogP) is 3.27. The first-order valence-corrected chi connectivity index (χ1v) is 8.35. The third-order valence-corrected chi connectivity index (χ3v) is 4.94. The third kappa shape index (κ3) is 3.93. The molecule has 1 fully saturated rings. The van der Waals surface area contributed by atoms with Gasteiger partial charge < -0.3 is 10.6 Å². The minimum atomic E-state index is -4.41. The lowest BCUT2D eigenvalue weighted by Gasteiger charge is -2.33. The van der Waals surface area contributed by atoms with Gasteiger partial charge in [0, 0.05) is 30.1 Å². The summed E-state index contributed by atoms with van der Waals surface area (Å²) in [6.45, 7) is 0.289. The minimum absolute atomic E-state index is 0.0148. The lowest BCUT2D eigenvalue weighted by molar-refractivity contribution is -0.137. The van der Waals surface area contributed by atoms with E-state index in [1.807, 2.05) is 30.3 Å². The number of nitrogens with zero attached hydrogens (tertiary/aromatic N) is 1. The maximum absolute atomic E-state index is 12.6. The van der Waals surface area contributed by atoms with E-state index in [0.717, 1.165) is 5.56 Å². The van der Waals surface area contributed by atoms with Crippen LogP contribution in [0.25, 0.3) is 0 Å². The summed E-state index contributed by atoms with van der Waals surface area (Å²) in [5.74, 6) is -0.0148. The Kier molecular flexibility index (Phi) is 4.86. The predicted molar refractivity (Wildman–Crippen MR) is 84.3 cm³/mol. The number of carbonyl (C=O) groups is 1. The maximum atomic E-state index is 12.6. The highest BCUT2D eigenvalue weighted by Gasteiger charge is 2.35. The molecule has 1 aromatic heterocycles. The van der Waals surface area contributed by atoms with Crippen LogP contribution < -0.4 is 10.6 Å². The molecule has 24 heavy (non-hydrogen) atoms. The highest BCUT2D eigenvalue weighted by atomic mass is 32.1. The van der Waals surface area contributed by atoms with E-state index in [4.69, 9.17) is 0 Å². The molecule has 2 aromatic rings. The normalized spacial score (nSPS) is 21.5. The van der Waals surface area contributed by atoms with Crippen LogP contribution >= 0.6 is 11.3 Å². The average Bonchev–Trinajstić information content (AvgIpc) is 3.04. The Labute approximate surface area is 141 Å². The number of aromatic nitrogens is 1. The Balaban J connectivity index is 1.68. The van der Waals surface area contributed by atoms with Crippen molar-refractivity contribution < 1.29 is 18.0 Å². The Morgan fingerprint density at radius 1 is 1.29 bits per heavy atom. The van der Waals surface area contributed by atoms with Crippen LogP contribution in [0.4, 0.5) is 13.2 Å². The molecule has 0 saturated carbocycles. The summed E-state index contributed by atoms with van der Waals surface area (Å²) in [6, 6.07) is 9.31.